The van der Waals surface area contributed by atoms with E-state index in [1.165, 1.54) is 0 Å². The molecule has 0 aliphatic rings. The maximum Gasteiger partial charge on any atom is 0.248 e. The zero-order chi connectivity index (χ0) is 16.6. The lowest BCUT2D eigenvalue weighted by Crippen LogP contribution is -2.11. The number of amides is 1. The fourth-order valence-electron chi connectivity index (χ4n) is 2.55. The van der Waals surface area contributed by atoms with Crippen molar-refractivity contribution in [2.75, 3.05) is 0 Å². The topological polar surface area (TPSA) is 95.6 Å². The number of rotatable bonds is 3. The van der Waals surface area contributed by atoms with Crippen LogP contribution in [0.2, 0.25) is 0 Å². The SMILES string of the molecule is CC(C)c1cc(C(N)=O)cc(-c2cnc3[nH]cc(C#N)c3c2)c1. The van der Waals surface area contributed by atoms with Crippen LogP contribution in [0.25, 0.3) is 22.2 Å². The molecule has 3 aromatic rings. The van der Waals surface area contributed by atoms with E-state index in [0.717, 1.165) is 22.1 Å². The number of hydrogen-bond acceptors (Lipinski definition) is 3. The highest BCUT2D eigenvalue weighted by molar-refractivity contribution is 5.95. The van der Waals surface area contributed by atoms with Gasteiger partial charge in [-0.05, 0) is 35.2 Å². The highest BCUT2D eigenvalue weighted by Gasteiger charge is 2.11. The first-order valence-corrected chi connectivity index (χ1v) is 7.32. The molecule has 0 aliphatic heterocycles. The van der Waals surface area contributed by atoms with Crippen LogP contribution in [0.3, 0.4) is 0 Å². The summed E-state index contributed by atoms with van der Waals surface area (Å²) in [6, 6.07) is 9.65. The number of H-pyrrole nitrogens is 1. The summed E-state index contributed by atoms with van der Waals surface area (Å²) in [6.07, 6.45) is 3.37. The second-order valence-corrected chi connectivity index (χ2v) is 5.80. The lowest BCUT2D eigenvalue weighted by atomic mass is 9.94. The molecule has 0 saturated heterocycles. The van der Waals surface area contributed by atoms with Crippen molar-refractivity contribution in [1.82, 2.24) is 9.97 Å². The molecule has 0 spiro atoms. The minimum Gasteiger partial charge on any atom is -0.366 e. The zero-order valence-corrected chi connectivity index (χ0v) is 12.9. The van der Waals surface area contributed by atoms with Crippen molar-refractivity contribution in [3.8, 4) is 17.2 Å². The minimum absolute atomic E-state index is 0.270. The quantitative estimate of drug-likeness (QED) is 0.776. The van der Waals surface area contributed by atoms with Crippen LogP contribution < -0.4 is 5.73 Å². The summed E-state index contributed by atoms with van der Waals surface area (Å²) in [7, 11) is 0. The average Bonchev–Trinajstić information content (AvgIpc) is 2.96. The van der Waals surface area contributed by atoms with Crippen molar-refractivity contribution in [2.24, 2.45) is 5.73 Å². The maximum absolute atomic E-state index is 11.6. The fourth-order valence-corrected chi connectivity index (χ4v) is 2.55. The summed E-state index contributed by atoms with van der Waals surface area (Å²) in [5.74, 6) is -0.186. The molecule has 0 aliphatic carbocycles. The highest BCUT2D eigenvalue weighted by Crippen LogP contribution is 2.28. The Hall–Kier alpha value is -3.13. The number of carbonyl (C=O) groups excluding carboxylic acids is 1. The summed E-state index contributed by atoms with van der Waals surface area (Å²) in [6.45, 7) is 4.12. The van der Waals surface area contributed by atoms with Crippen molar-refractivity contribution in [2.45, 2.75) is 19.8 Å². The Morgan fingerprint density at radius 3 is 2.70 bits per heavy atom. The van der Waals surface area contributed by atoms with Gasteiger partial charge in [0.25, 0.3) is 0 Å². The third-order valence-corrected chi connectivity index (χ3v) is 3.89. The van der Waals surface area contributed by atoms with Gasteiger partial charge in [-0.1, -0.05) is 19.9 Å². The number of nitriles is 1. The van der Waals surface area contributed by atoms with Crippen LogP contribution >= 0.6 is 0 Å². The lowest BCUT2D eigenvalue weighted by Gasteiger charge is -2.11. The van der Waals surface area contributed by atoms with E-state index in [2.05, 4.69) is 29.9 Å². The van der Waals surface area contributed by atoms with E-state index in [-0.39, 0.29) is 5.92 Å². The molecule has 114 valence electrons. The van der Waals surface area contributed by atoms with E-state index >= 15 is 0 Å². The minimum atomic E-state index is -0.456. The number of benzene rings is 1. The number of nitrogens with one attached hydrogen (secondary N) is 1. The Morgan fingerprint density at radius 2 is 2.04 bits per heavy atom. The molecular weight excluding hydrogens is 288 g/mol. The van der Waals surface area contributed by atoms with Crippen molar-refractivity contribution in [3.63, 3.8) is 0 Å². The lowest BCUT2D eigenvalue weighted by molar-refractivity contribution is 0.1000. The van der Waals surface area contributed by atoms with Gasteiger partial charge in [-0.2, -0.15) is 5.26 Å². The monoisotopic (exact) mass is 304 g/mol. The Labute approximate surface area is 133 Å². The van der Waals surface area contributed by atoms with Crippen molar-refractivity contribution < 1.29 is 4.79 Å². The number of nitrogens with zero attached hydrogens (tertiary/aromatic N) is 2. The Kier molecular flexibility index (Phi) is 3.59. The molecule has 2 aromatic heterocycles. The van der Waals surface area contributed by atoms with Gasteiger partial charge < -0.3 is 10.7 Å². The van der Waals surface area contributed by atoms with Gasteiger partial charge in [0.1, 0.15) is 11.7 Å². The van der Waals surface area contributed by atoms with Crippen molar-refractivity contribution in [3.05, 3.63) is 53.3 Å². The summed E-state index contributed by atoms with van der Waals surface area (Å²) in [5.41, 5.74) is 9.88. The predicted molar refractivity (Wildman–Crippen MR) is 88.9 cm³/mol. The van der Waals surface area contributed by atoms with Crippen molar-refractivity contribution in [1.29, 1.82) is 5.26 Å². The predicted octanol–water partition coefficient (Wildman–Crippen LogP) is 3.32. The molecule has 5 heteroatoms. The summed E-state index contributed by atoms with van der Waals surface area (Å²) in [5, 5.41) is 9.93. The van der Waals surface area contributed by atoms with E-state index in [1.807, 2.05) is 18.2 Å². The van der Waals surface area contributed by atoms with Crippen LogP contribution in [0, 0.1) is 11.3 Å². The first-order chi connectivity index (χ1) is 11.0. The Balaban J connectivity index is 2.21. The molecule has 3 N–H and O–H groups in total. The van der Waals surface area contributed by atoms with Crippen LogP contribution in [-0.4, -0.2) is 15.9 Å². The molecule has 0 fully saturated rings. The van der Waals surface area contributed by atoms with E-state index in [4.69, 9.17) is 11.0 Å². The molecule has 0 radical (unpaired) electrons. The molecular formula is C18H16N4O. The van der Waals surface area contributed by atoms with Gasteiger partial charge in [0.05, 0.1) is 5.56 Å². The van der Waals surface area contributed by atoms with Gasteiger partial charge in [-0.3, -0.25) is 4.79 Å². The molecule has 0 saturated carbocycles. The largest absolute Gasteiger partial charge is 0.366 e. The van der Waals surface area contributed by atoms with Gasteiger partial charge in [0.2, 0.25) is 5.91 Å². The van der Waals surface area contributed by atoms with Crippen molar-refractivity contribution >= 4 is 16.9 Å². The number of aromatic nitrogens is 2. The molecule has 1 aromatic carbocycles. The summed E-state index contributed by atoms with van der Waals surface area (Å²) < 4.78 is 0. The molecule has 1 amide bonds. The van der Waals surface area contributed by atoms with Crippen LogP contribution in [-0.2, 0) is 0 Å². The van der Waals surface area contributed by atoms with Gasteiger partial charge >= 0.3 is 0 Å². The van der Waals surface area contributed by atoms with Crippen LogP contribution in [0.1, 0.15) is 41.3 Å². The van der Waals surface area contributed by atoms with Gasteiger partial charge in [0, 0.05) is 28.9 Å². The average molecular weight is 304 g/mol. The molecule has 3 rings (SSSR count). The van der Waals surface area contributed by atoms with Gasteiger partial charge in [-0.25, -0.2) is 4.98 Å². The number of hydrogen-bond donors (Lipinski definition) is 2. The second-order valence-electron chi connectivity index (χ2n) is 5.80. The third kappa shape index (κ3) is 2.67. The molecule has 0 atom stereocenters. The molecule has 2 heterocycles. The molecule has 5 nitrogen and oxygen atoms in total. The Morgan fingerprint density at radius 1 is 1.26 bits per heavy atom. The maximum atomic E-state index is 11.6. The van der Waals surface area contributed by atoms with Crippen LogP contribution in [0.15, 0.2) is 36.7 Å². The zero-order valence-electron chi connectivity index (χ0n) is 12.9. The first-order valence-electron chi connectivity index (χ1n) is 7.32. The number of carbonyl (C=O) groups is 1. The smallest absolute Gasteiger partial charge is 0.248 e. The van der Waals surface area contributed by atoms with Gasteiger partial charge in [-0.15, -0.1) is 0 Å². The number of fused-ring (bicyclic) bond motifs is 1. The number of nitrogens with two attached hydrogens (primary N) is 1. The first kappa shape index (κ1) is 14.8. The molecule has 0 unspecified atom stereocenters. The molecule has 0 bridgehead atoms. The fraction of sp³-hybridized carbons (Fsp3) is 0.167. The Bertz CT molecular complexity index is 947. The molecule has 23 heavy (non-hydrogen) atoms. The van der Waals surface area contributed by atoms with E-state index in [9.17, 15) is 4.79 Å². The van der Waals surface area contributed by atoms with E-state index in [1.54, 1.807) is 18.5 Å². The van der Waals surface area contributed by atoms with Gasteiger partial charge in [0.15, 0.2) is 0 Å². The number of primary amides is 1. The highest BCUT2D eigenvalue weighted by atomic mass is 16.1. The van der Waals surface area contributed by atoms with E-state index in [0.29, 0.717) is 16.8 Å². The number of aromatic amines is 1. The second kappa shape index (κ2) is 5.58. The van der Waals surface area contributed by atoms with Crippen LogP contribution in [0.4, 0.5) is 0 Å². The normalized spacial score (nSPS) is 10.9. The number of pyridine rings is 1. The van der Waals surface area contributed by atoms with E-state index < -0.39 is 5.91 Å². The standard InChI is InChI=1S/C18H16N4O/c1-10(2)11-3-12(5-13(4-11)17(20)23)14-6-16-15(7-19)9-22-18(16)21-8-14/h3-6,8-10H,1-2H3,(H2,20,23)(H,21,22). The third-order valence-electron chi connectivity index (χ3n) is 3.89. The summed E-state index contributed by atoms with van der Waals surface area (Å²) in [4.78, 5) is 18.9. The summed E-state index contributed by atoms with van der Waals surface area (Å²) >= 11 is 0. The van der Waals surface area contributed by atoms with Crippen LogP contribution in [0.5, 0.6) is 0 Å².